The Bertz CT molecular complexity index is 356. The number of anilines is 1. The van der Waals surface area contributed by atoms with Gasteiger partial charge < -0.3 is 15.8 Å². The van der Waals surface area contributed by atoms with Gasteiger partial charge in [-0.2, -0.15) is 4.98 Å². The van der Waals surface area contributed by atoms with Crippen LogP contribution in [0.1, 0.15) is 19.2 Å². The van der Waals surface area contributed by atoms with Crippen molar-refractivity contribution in [2.45, 2.75) is 20.3 Å². The van der Waals surface area contributed by atoms with Gasteiger partial charge in [0, 0.05) is 0 Å². The summed E-state index contributed by atoms with van der Waals surface area (Å²) < 4.78 is 5.44. The van der Waals surface area contributed by atoms with Gasteiger partial charge in [-0.3, -0.25) is 0 Å². The van der Waals surface area contributed by atoms with Crippen molar-refractivity contribution in [3.63, 3.8) is 0 Å². The van der Waals surface area contributed by atoms with Gasteiger partial charge in [-0.25, -0.2) is 4.98 Å². The molecule has 0 aliphatic heterocycles. The van der Waals surface area contributed by atoms with Gasteiger partial charge in [0.2, 0.25) is 5.88 Å². The topological polar surface area (TPSA) is 73.1 Å². The van der Waals surface area contributed by atoms with Crippen LogP contribution in [-0.2, 0) is 0 Å². The number of rotatable bonds is 4. The van der Waals surface area contributed by atoms with E-state index >= 15 is 0 Å². The summed E-state index contributed by atoms with van der Waals surface area (Å²) in [6, 6.07) is 0. The van der Waals surface area contributed by atoms with E-state index < -0.39 is 0 Å². The van der Waals surface area contributed by atoms with E-state index in [0.717, 1.165) is 6.42 Å². The Morgan fingerprint density at radius 1 is 1.67 bits per heavy atom. The highest BCUT2D eigenvalue weighted by Gasteiger charge is 2.06. The van der Waals surface area contributed by atoms with Gasteiger partial charge in [0.1, 0.15) is 11.5 Å². The first-order chi connectivity index (χ1) is 7.13. The van der Waals surface area contributed by atoms with Crippen LogP contribution in [0.4, 0.5) is 5.69 Å². The highest BCUT2D eigenvalue weighted by Crippen LogP contribution is 2.20. The normalized spacial score (nSPS) is 9.73. The second kappa shape index (κ2) is 5.45. The van der Waals surface area contributed by atoms with Crippen LogP contribution in [0, 0.1) is 6.92 Å². The third-order valence-corrected chi connectivity index (χ3v) is 1.68. The van der Waals surface area contributed by atoms with Gasteiger partial charge in [-0.05, 0) is 25.6 Å². The Morgan fingerprint density at radius 2 is 2.40 bits per heavy atom. The lowest BCUT2D eigenvalue weighted by Crippen LogP contribution is -2.20. The van der Waals surface area contributed by atoms with Crippen LogP contribution in [0.25, 0.3) is 0 Å². The summed E-state index contributed by atoms with van der Waals surface area (Å²) in [5, 5.41) is 2.94. The minimum atomic E-state index is 0.170. The maximum Gasteiger partial charge on any atom is 0.241 e. The molecule has 5 nitrogen and oxygen atoms in total. The number of aromatic nitrogens is 2. The molecule has 0 spiro atoms. The van der Waals surface area contributed by atoms with Crippen molar-refractivity contribution in [2.75, 3.05) is 11.9 Å². The zero-order chi connectivity index (χ0) is 11.3. The maximum atomic E-state index is 5.44. The zero-order valence-electron chi connectivity index (χ0n) is 8.78. The molecule has 0 bridgehead atoms. The molecule has 6 heteroatoms. The Balaban J connectivity index is 2.87. The number of hydrogen-bond acceptors (Lipinski definition) is 4. The first kappa shape index (κ1) is 11.6. The molecule has 0 aromatic carbocycles. The van der Waals surface area contributed by atoms with Crippen molar-refractivity contribution >= 4 is 23.0 Å². The van der Waals surface area contributed by atoms with E-state index in [1.807, 2.05) is 6.92 Å². The van der Waals surface area contributed by atoms with Crippen molar-refractivity contribution in [3.8, 4) is 5.88 Å². The number of ether oxygens (including phenoxy) is 1. The number of aryl methyl sites for hydroxylation is 1. The fraction of sp³-hybridized carbons (Fsp3) is 0.444. The number of nitrogens with one attached hydrogen (secondary N) is 1. The van der Waals surface area contributed by atoms with Gasteiger partial charge in [-0.15, -0.1) is 0 Å². The van der Waals surface area contributed by atoms with Crippen LogP contribution in [0.15, 0.2) is 6.20 Å². The Labute approximate surface area is 94.1 Å². The average molecular weight is 226 g/mol. The van der Waals surface area contributed by atoms with Crippen LogP contribution in [-0.4, -0.2) is 21.7 Å². The summed E-state index contributed by atoms with van der Waals surface area (Å²) in [5.74, 6) is 1.13. The van der Waals surface area contributed by atoms with Crippen LogP contribution < -0.4 is 15.8 Å². The smallest absolute Gasteiger partial charge is 0.241 e. The average Bonchev–Trinajstić information content (AvgIpc) is 2.18. The first-order valence-corrected chi connectivity index (χ1v) is 5.07. The lowest BCUT2D eigenvalue weighted by atomic mass is 10.4. The third kappa shape index (κ3) is 3.67. The van der Waals surface area contributed by atoms with Crippen LogP contribution in [0.3, 0.4) is 0 Å². The predicted molar refractivity (Wildman–Crippen MR) is 63.0 cm³/mol. The minimum Gasteiger partial charge on any atom is -0.476 e. The maximum absolute atomic E-state index is 5.44. The molecule has 0 saturated heterocycles. The fourth-order valence-corrected chi connectivity index (χ4v) is 1.09. The molecule has 15 heavy (non-hydrogen) atoms. The van der Waals surface area contributed by atoms with Gasteiger partial charge in [-0.1, -0.05) is 6.92 Å². The number of hydrogen-bond donors (Lipinski definition) is 2. The summed E-state index contributed by atoms with van der Waals surface area (Å²) in [4.78, 5) is 8.18. The molecule has 1 aromatic heterocycles. The SMILES string of the molecule is CCCOc1nc(C)ncc1NC(N)=S. The molecular weight excluding hydrogens is 212 g/mol. The van der Waals surface area contributed by atoms with E-state index in [-0.39, 0.29) is 5.11 Å². The van der Waals surface area contributed by atoms with E-state index in [4.69, 9.17) is 22.7 Å². The third-order valence-electron chi connectivity index (χ3n) is 1.58. The van der Waals surface area contributed by atoms with Gasteiger partial charge in [0.05, 0.1) is 12.8 Å². The molecule has 3 N–H and O–H groups in total. The molecule has 0 unspecified atom stereocenters. The van der Waals surface area contributed by atoms with Crippen molar-refractivity contribution in [3.05, 3.63) is 12.0 Å². The highest BCUT2D eigenvalue weighted by atomic mass is 32.1. The fourth-order valence-electron chi connectivity index (χ4n) is 0.976. The summed E-state index contributed by atoms with van der Waals surface area (Å²) >= 11 is 4.74. The molecule has 0 amide bonds. The molecular formula is C9H14N4OS. The molecule has 0 fully saturated rings. The van der Waals surface area contributed by atoms with Crippen molar-refractivity contribution in [1.82, 2.24) is 9.97 Å². The van der Waals surface area contributed by atoms with Gasteiger partial charge in [0.15, 0.2) is 5.11 Å². The van der Waals surface area contributed by atoms with Crippen LogP contribution in [0.2, 0.25) is 0 Å². The molecule has 1 rings (SSSR count). The van der Waals surface area contributed by atoms with E-state index in [0.29, 0.717) is 24.0 Å². The van der Waals surface area contributed by atoms with Gasteiger partial charge in [0.25, 0.3) is 0 Å². The Morgan fingerprint density at radius 3 is 3.00 bits per heavy atom. The molecule has 0 aliphatic carbocycles. The van der Waals surface area contributed by atoms with Crippen molar-refractivity contribution < 1.29 is 4.74 Å². The standard InChI is InChI=1S/C9H14N4OS/c1-3-4-14-8-7(13-9(10)15)5-11-6(2)12-8/h5H,3-4H2,1-2H3,(H3,10,13,15). The summed E-state index contributed by atoms with van der Waals surface area (Å²) in [6.45, 7) is 4.42. The summed E-state index contributed by atoms with van der Waals surface area (Å²) in [7, 11) is 0. The molecule has 1 aromatic rings. The zero-order valence-corrected chi connectivity index (χ0v) is 9.60. The van der Waals surface area contributed by atoms with Crippen LogP contribution in [0.5, 0.6) is 5.88 Å². The van der Waals surface area contributed by atoms with E-state index in [9.17, 15) is 0 Å². The van der Waals surface area contributed by atoms with Gasteiger partial charge >= 0.3 is 0 Å². The van der Waals surface area contributed by atoms with E-state index in [2.05, 4.69) is 15.3 Å². The second-order valence-corrected chi connectivity index (χ2v) is 3.41. The summed E-state index contributed by atoms with van der Waals surface area (Å²) in [5.41, 5.74) is 5.97. The molecule has 0 saturated carbocycles. The molecule has 0 atom stereocenters. The highest BCUT2D eigenvalue weighted by molar-refractivity contribution is 7.80. The van der Waals surface area contributed by atoms with E-state index in [1.165, 1.54) is 0 Å². The second-order valence-electron chi connectivity index (χ2n) is 2.97. The molecule has 1 heterocycles. The monoisotopic (exact) mass is 226 g/mol. The van der Waals surface area contributed by atoms with Crippen molar-refractivity contribution in [1.29, 1.82) is 0 Å². The van der Waals surface area contributed by atoms with Crippen molar-refractivity contribution in [2.24, 2.45) is 5.73 Å². The van der Waals surface area contributed by atoms with E-state index in [1.54, 1.807) is 13.1 Å². The number of nitrogens with two attached hydrogens (primary N) is 1. The predicted octanol–water partition coefficient (Wildman–Crippen LogP) is 1.23. The number of nitrogens with zero attached hydrogens (tertiary/aromatic N) is 2. The first-order valence-electron chi connectivity index (χ1n) is 4.66. The molecule has 0 radical (unpaired) electrons. The quantitative estimate of drug-likeness (QED) is 0.752. The molecule has 0 aliphatic rings. The summed E-state index contributed by atoms with van der Waals surface area (Å²) in [6.07, 6.45) is 2.52. The largest absolute Gasteiger partial charge is 0.476 e. The van der Waals surface area contributed by atoms with Crippen LogP contribution >= 0.6 is 12.2 Å². The lowest BCUT2D eigenvalue weighted by Gasteiger charge is -2.10. The number of thiocarbonyl (C=S) groups is 1. The molecule has 82 valence electrons. The lowest BCUT2D eigenvalue weighted by molar-refractivity contribution is 0.306. The Hall–Kier alpha value is -1.43. The Kier molecular flexibility index (Phi) is 4.23. The minimum absolute atomic E-state index is 0.170.